The first-order valence-electron chi connectivity index (χ1n) is 6.36. The average Bonchev–Trinajstić information content (AvgIpc) is 2.41. The van der Waals surface area contributed by atoms with Gasteiger partial charge in [-0.1, -0.05) is 29.8 Å². The van der Waals surface area contributed by atoms with Crippen molar-refractivity contribution >= 4 is 34.7 Å². The smallest absolute Gasteiger partial charge is 0.171 e. The Kier molecular flexibility index (Phi) is 5.32. The standard InChI is InChI=1S/C15H16ClN3S/c1-11-4-3-8-17-14(11)19-15(20)18-9-7-12-5-2-6-13(16)10-12/h2-6,8,10H,7,9H2,1H3,(H2,17,18,19,20). The van der Waals surface area contributed by atoms with Crippen molar-refractivity contribution in [1.29, 1.82) is 0 Å². The zero-order valence-corrected chi connectivity index (χ0v) is 12.8. The van der Waals surface area contributed by atoms with Crippen molar-refractivity contribution in [2.75, 3.05) is 11.9 Å². The first kappa shape index (κ1) is 14.8. The van der Waals surface area contributed by atoms with Crippen molar-refractivity contribution in [2.24, 2.45) is 0 Å². The number of halogens is 1. The van der Waals surface area contributed by atoms with Gasteiger partial charge in [0.05, 0.1) is 0 Å². The number of hydrogen-bond donors (Lipinski definition) is 2. The van der Waals surface area contributed by atoms with E-state index in [1.807, 2.05) is 43.3 Å². The van der Waals surface area contributed by atoms with Gasteiger partial charge in [-0.2, -0.15) is 0 Å². The van der Waals surface area contributed by atoms with Crippen molar-refractivity contribution in [3.8, 4) is 0 Å². The molecule has 0 spiro atoms. The normalized spacial score (nSPS) is 10.1. The average molecular weight is 306 g/mol. The highest BCUT2D eigenvalue weighted by atomic mass is 35.5. The minimum atomic E-state index is 0.578. The van der Waals surface area contributed by atoms with Crippen molar-refractivity contribution in [3.63, 3.8) is 0 Å². The fourth-order valence-corrected chi connectivity index (χ4v) is 2.19. The summed E-state index contributed by atoms with van der Waals surface area (Å²) < 4.78 is 0. The van der Waals surface area contributed by atoms with Gasteiger partial charge in [0.15, 0.2) is 5.11 Å². The van der Waals surface area contributed by atoms with Gasteiger partial charge in [0, 0.05) is 17.8 Å². The van der Waals surface area contributed by atoms with E-state index in [9.17, 15) is 0 Å². The lowest BCUT2D eigenvalue weighted by Crippen LogP contribution is -2.30. The molecule has 0 unspecified atom stereocenters. The Morgan fingerprint density at radius 3 is 2.90 bits per heavy atom. The van der Waals surface area contributed by atoms with E-state index in [-0.39, 0.29) is 0 Å². The molecule has 0 fully saturated rings. The van der Waals surface area contributed by atoms with Crippen molar-refractivity contribution in [2.45, 2.75) is 13.3 Å². The minimum absolute atomic E-state index is 0.578. The third-order valence-electron chi connectivity index (χ3n) is 2.83. The lowest BCUT2D eigenvalue weighted by Gasteiger charge is -2.11. The van der Waals surface area contributed by atoms with E-state index in [1.165, 1.54) is 5.56 Å². The summed E-state index contributed by atoms with van der Waals surface area (Å²) in [6.45, 7) is 2.74. The SMILES string of the molecule is Cc1cccnc1NC(=S)NCCc1cccc(Cl)c1. The van der Waals surface area contributed by atoms with Crippen LogP contribution in [-0.4, -0.2) is 16.6 Å². The summed E-state index contributed by atoms with van der Waals surface area (Å²) in [6.07, 6.45) is 2.60. The number of aromatic nitrogens is 1. The molecule has 0 saturated heterocycles. The van der Waals surface area contributed by atoms with Gasteiger partial charge in [0.25, 0.3) is 0 Å². The van der Waals surface area contributed by atoms with Crippen LogP contribution in [0.25, 0.3) is 0 Å². The van der Waals surface area contributed by atoms with Gasteiger partial charge in [-0.05, 0) is 54.9 Å². The zero-order valence-electron chi connectivity index (χ0n) is 11.2. The van der Waals surface area contributed by atoms with Crippen LogP contribution in [0.5, 0.6) is 0 Å². The van der Waals surface area contributed by atoms with Crippen LogP contribution in [0.1, 0.15) is 11.1 Å². The molecule has 3 nitrogen and oxygen atoms in total. The maximum absolute atomic E-state index is 5.94. The summed E-state index contributed by atoms with van der Waals surface area (Å²) in [7, 11) is 0. The van der Waals surface area contributed by atoms with Crippen LogP contribution in [0.3, 0.4) is 0 Å². The summed E-state index contributed by atoms with van der Waals surface area (Å²) in [5.41, 5.74) is 2.24. The Labute approximate surface area is 129 Å². The number of hydrogen-bond acceptors (Lipinski definition) is 2. The second-order valence-electron chi connectivity index (χ2n) is 4.43. The number of anilines is 1. The molecular formula is C15H16ClN3S. The third-order valence-corrected chi connectivity index (χ3v) is 3.31. The quantitative estimate of drug-likeness (QED) is 0.847. The number of nitrogens with one attached hydrogen (secondary N) is 2. The fraction of sp³-hybridized carbons (Fsp3) is 0.200. The van der Waals surface area contributed by atoms with Crippen molar-refractivity contribution in [3.05, 3.63) is 58.7 Å². The van der Waals surface area contributed by atoms with Gasteiger partial charge in [-0.3, -0.25) is 0 Å². The molecule has 5 heteroatoms. The number of nitrogens with zero attached hydrogens (tertiary/aromatic N) is 1. The molecular weight excluding hydrogens is 290 g/mol. The number of pyridine rings is 1. The molecule has 0 radical (unpaired) electrons. The van der Waals surface area contributed by atoms with Gasteiger partial charge in [-0.15, -0.1) is 0 Å². The molecule has 0 amide bonds. The molecule has 2 N–H and O–H groups in total. The van der Waals surface area contributed by atoms with E-state index in [2.05, 4.69) is 15.6 Å². The van der Waals surface area contributed by atoms with E-state index < -0.39 is 0 Å². The van der Waals surface area contributed by atoms with E-state index >= 15 is 0 Å². The topological polar surface area (TPSA) is 37.0 Å². The van der Waals surface area contributed by atoms with Crippen LogP contribution in [-0.2, 0) is 6.42 Å². The monoisotopic (exact) mass is 305 g/mol. The lowest BCUT2D eigenvalue weighted by molar-refractivity contribution is 0.873. The van der Waals surface area contributed by atoms with Crippen LogP contribution in [0.4, 0.5) is 5.82 Å². The van der Waals surface area contributed by atoms with Crippen LogP contribution < -0.4 is 10.6 Å². The molecule has 0 bridgehead atoms. The zero-order chi connectivity index (χ0) is 14.4. The number of rotatable bonds is 4. The predicted octanol–water partition coefficient (Wildman–Crippen LogP) is 3.57. The maximum atomic E-state index is 5.94. The van der Waals surface area contributed by atoms with Gasteiger partial charge >= 0.3 is 0 Å². The molecule has 0 saturated carbocycles. The molecule has 20 heavy (non-hydrogen) atoms. The molecule has 1 aromatic heterocycles. The van der Waals surface area contributed by atoms with Crippen LogP contribution in [0.15, 0.2) is 42.6 Å². The summed E-state index contributed by atoms with van der Waals surface area (Å²) in [6, 6.07) is 11.7. The lowest BCUT2D eigenvalue weighted by atomic mass is 10.1. The molecule has 1 aromatic carbocycles. The fourth-order valence-electron chi connectivity index (χ4n) is 1.78. The second kappa shape index (κ2) is 7.22. The Bertz CT molecular complexity index is 601. The Morgan fingerprint density at radius 2 is 2.15 bits per heavy atom. The first-order chi connectivity index (χ1) is 9.65. The van der Waals surface area contributed by atoms with Crippen LogP contribution in [0, 0.1) is 6.92 Å². The molecule has 2 rings (SSSR count). The summed E-state index contributed by atoms with van der Waals surface area (Å²) >= 11 is 11.2. The molecule has 1 heterocycles. The van der Waals surface area contributed by atoms with Crippen molar-refractivity contribution in [1.82, 2.24) is 10.3 Å². The van der Waals surface area contributed by atoms with Gasteiger partial charge in [0.2, 0.25) is 0 Å². The molecule has 2 aromatic rings. The molecule has 0 aliphatic rings. The Hall–Kier alpha value is -1.65. The summed E-state index contributed by atoms with van der Waals surface area (Å²) in [5, 5.41) is 7.59. The van der Waals surface area contributed by atoms with Gasteiger partial charge < -0.3 is 10.6 Å². The number of aryl methyl sites for hydroxylation is 1. The van der Waals surface area contributed by atoms with Crippen molar-refractivity contribution < 1.29 is 0 Å². The largest absolute Gasteiger partial charge is 0.362 e. The van der Waals surface area contributed by atoms with E-state index in [4.69, 9.17) is 23.8 Å². The summed E-state index contributed by atoms with van der Waals surface area (Å²) in [4.78, 5) is 4.24. The van der Waals surface area contributed by atoms with E-state index in [0.29, 0.717) is 5.11 Å². The first-order valence-corrected chi connectivity index (χ1v) is 7.14. The molecule has 0 aliphatic heterocycles. The maximum Gasteiger partial charge on any atom is 0.171 e. The highest BCUT2D eigenvalue weighted by molar-refractivity contribution is 7.80. The van der Waals surface area contributed by atoms with Gasteiger partial charge in [0.1, 0.15) is 5.82 Å². The molecule has 0 aliphatic carbocycles. The Balaban J connectivity index is 1.80. The van der Waals surface area contributed by atoms with Gasteiger partial charge in [-0.25, -0.2) is 4.98 Å². The van der Waals surface area contributed by atoms with E-state index in [1.54, 1.807) is 6.20 Å². The minimum Gasteiger partial charge on any atom is -0.362 e. The third kappa shape index (κ3) is 4.47. The highest BCUT2D eigenvalue weighted by Crippen LogP contribution is 2.11. The number of benzene rings is 1. The van der Waals surface area contributed by atoms with Crippen LogP contribution in [0.2, 0.25) is 5.02 Å². The summed E-state index contributed by atoms with van der Waals surface area (Å²) in [5.74, 6) is 0.785. The number of thiocarbonyl (C=S) groups is 1. The molecule has 0 atom stereocenters. The highest BCUT2D eigenvalue weighted by Gasteiger charge is 2.01. The Morgan fingerprint density at radius 1 is 1.30 bits per heavy atom. The van der Waals surface area contributed by atoms with E-state index in [0.717, 1.165) is 29.4 Å². The molecule has 104 valence electrons. The van der Waals surface area contributed by atoms with Crippen LogP contribution >= 0.6 is 23.8 Å². The predicted molar refractivity (Wildman–Crippen MR) is 88.4 cm³/mol. The second-order valence-corrected chi connectivity index (χ2v) is 5.27.